The van der Waals surface area contributed by atoms with E-state index in [2.05, 4.69) is 22.5 Å². The lowest BCUT2D eigenvalue weighted by atomic mass is 10.0. The molecule has 1 fully saturated rings. The fourth-order valence-corrected chi connectivity index (χ4v) is 3.41. The normalized spacial score (nSPS) is 17.6. The predicted octanol–water partition coefficient (Wildman–Crippen LogP) is 4.22. The second-order valence-corrected chi connectivity index (χ2v) is 6.93. The Morgan fingerprint density at radius 2 is 1.73 bits per heavy atom. The number of amides is 2. The molecule has 0 bridgehead atoms. The van der Waals surface area contributed by atoms with Gasteiger partial charge in [-0.05, 0) is 44.0 Å². The van der Waals surface area contributed by atoms with Gasteiger partial charge in [0.15, 0.2) is 11.6 Å². The highest BCUT2D eigenvalue weighted by atomic mass is 19.1. The minimum absolute atomic E-state index is 0.151. The molecule has 1 saturated carbocycles. The van der Waals surface area contributed by atoms with Crippen LogP contribution < -0.4 is 10.6 Å². The van der Waals surface area contributed by atoms with Crippen LogP contribution in [0.5, 0.6) is 0 Å². The van der Waals surface area contributed by atoms with Crippen LogP contribution in [0.25, 0.3) is 0 Å². The van der Waals surface area contributed by atoms with E-state index in [1.165, 1.54) is 0 Å². The lowest BCUT2D eigenvalue weighted by Crippen LogP contribution is -2.43. The van der Waals surface area contributed by atoms with E-state index in [9.17, 15) is 18.4 Å². The van der Waals surface area contributed by atoms with Crippen molar-refractivity contribution >= 4 is 17.7 Å². The summed E-state index contributed by atoms with van der Waals surface area (Å²) in [6, 6.07) is 9.94. The van der Waals surface area contributed by atoms with Crippen molar-refractivity contribution in [1.29, 1.82) is 0 Å². The molecule has 156 valence electrons. The van der Waals surface area contributed by atoms with Crippen LogP contribution in [0, 0.1) is 29.4 Å². The van der Waals surface area contributed by atoms with Gasteiger partial charge in [0.05, 0.1) is 12.5 Å². The summed E-state index contributed by atoms with van der Waals surface area (Å²) in [6.07, 6.45) is 1.95. The van der Waals surface area contributed by atoms with Gasteiger partial charge < -0.3 is 15.4 Å². The molecule has 1 aliphatic carbocycles. The first-order valence-electron chi connectivity index (χ1n) is 9.78. The molecule has 2 aromatic carbocycles. The Hall–Kier alpha value is -3.40. The zero-order valence-electron chi connectivity index (χ0n) is 16.5. The first kappa shape index (κ1) is 21.3. The number of carbonyl (C=O) groups is 2. The standard InChI is InChI=1S/C23H22F2N2O3/c1-2-30-22(28)17-9-6-10-20(17)26-23(29)27-21-18(24)13-16(14-19(21)25)12-11-15-7-4-3-5-8-15/h3-5,7-8,13-14,17,20H,2,6,9-10H2,1H3,(H2,26,27,29). The fraction of sp³-hybridized carbons (Fsp3) is 0.304. The number of carbonyl (C=O) groups excluding carboxylic acids is 2. The van der Waals surface area contributed by atoms with E-state index in [0.717, 1.165) is 18.6 Å². The first-order valence-corrected chi connectivity index (χ1v) is 9.78. The van der Waals surface area contributed by atoms with Crippen molar-refractivity contribution in [3.8, 4) is 11.8 Å². The van der Waals surface area contributed by atoms with E-state index < -0.39 is 35.3 Å². The Balaban J connectivity index is 1.67. The van der Waals surface area contributed by atoms with Crippen molar-refractivity contribution in [3.63, 3.8) is 0 Å². The maximum atomic E-state index is 14.4. The van der Waals surface area contributed by atoms with E-state index in [0.29, 0.717) is 18.4 Å². The number of hydrogen-bond donors (Lipinski definition) is 2. The van der Waals surface area contributed by atoms with Gasteiger partial charge in [-0.1, -0.05) is 36.5 Å². The van der Waals surface area contributed by atoms with Crippen molar-refractivity contribution < 1.29 is 23.1 Å². The van der Waals surface area contributed by atoms with Gasteiger partial charge in [-0.3, -0.25) is 4.79 Å². The van der Waals surface area contributed by atoms with Crippen molar-refractivity contribution in [1.82, 2.24) is 5.32 Å². The molecular formula is C23H22F2N2O3. The molecule has 2 atom stereocenters. The quantitative estimate of drug-likeness (QED) is 0.584. The number of esters is 1. The molecule has 5 nitrogen and oxygen atoms in total. The molecule has 0 spiro atoms. The first-order chi connectivity index (χ1) is 14.5. The Bertz CT molecular complexity index is 960. The third-order valence-electron chi connectivity index (χ3n) is 4.83. The van der Waals surface area contributed by atoms with Gasteiger partial charge in [0, 0.05) is 17.2 Å². The fourth-order valence-electron chi connectivity index (χ4n) is 3.41. The zero-order chi connectivity index (χ0) is 21.5. The molecule has 2 unspecified atom stereocenters. The summed E-state index contributed by atoms with van der Waals surface area (Å²) in [6.45, 7) is 1.96. The van der Waals surface area contributed by atoms with Gasteiger partial charge in [-0.2, -0.15) is 0 Å². The number of halogens is 2. The summed E-state index contributed by atoms with van der Waals surface area (Å²) < 4.78 is 33.8. The number of benzene rings is 2. The highest BCUT2D eigenvalue weighted by Gasteiger charge is 2.35. The number of anilines is 1. The van der Waals surface area contributed by atoms with Crippen LogP contribution >= 0.6 is 0 Å². The second kappa shape index (κ2) is 9.88. The number of ether oxygens (including phenoxy) is 1. The Labute approximate surface area is 173 Å². The highest BCUT2D eigenvalue weighted by molar-refractivity contribution is 5.90. The molecule has 30 heavy (non-hydrogen) atoms. The molecular weight excluding hydrogens is 390 g/mol. The van der Waals surface area contributed by atoms with Gasteiger partial charge in [0.25, 0.3) is 0 Å². The van der Waals surface area contributed by atoms with Crippen LogP contribution in [0.2, 0.25) is 0 Å². The van der Waals surface area contributed by atoms with E-state index >= 15 is 0 Å². The average Bonchev–Trinajstić information content (AvgIpc) is 3.18. The smallest absolute Gasteiger partial charge is 0.319 e. The lowest BCUT2D eigenvalue weighted by molar-refractivity contribution is -0.148. The molecule has 0 saturated heterocycles. The molecule has 3 rings (SSSR count). The number of urea groups is 1. The minimum Gasteiger partial charge on any atom is -0.466 e. The van der Waals surface area contributed by atoms with E-state index in [1.807, 2.05) is 18.2 Å². The average molecular weight is 412 g/mol. The summed E-state index contributed by atoms with van der Waals surface area (Å²) in [5.74, 6) is 2.82. The van der Waals surface area contributed by atoms with Gasteiger partial charge in [-0.25, -0.2) is 13.6 Å². The monoisotopic (exact) mass is 412 g/mol. The third kappa shape index (κ3) is 5.35. The van der Waals surface area contributed by atoms with Gasteiger partial charge in [-0.15, -0.1) is 0 Å². The van der Waals surface area contributed by atoms with Crippen LogP contribution in [0.4, 0.5) is 19.3 Å². The Morgan fingerprint density at radius 3 is 2.40 bits per heavy atom. The zero-order valence-corrected chi connectivity index (χ0v) is 16.5. The summed E-state index contributed by atoms with van der Waals surface area (Å²) in [7, 11) is 0. The summed E-state index contributed by atoms with van der Waals surface area (Å²) in [5.41, 5.74) is 0.300. The van der Waals surface area contributed by atoms with Crippen LogP contribution in [0.3, 0.4) is 0 Å². The SMILES string of the molecule is CCOC(=O)C1CCCC1NC(=O)Nc1c(F)cc(C#Cc2ccccc2)cc1F. The predicted molar refractivity (Wildman–Crippen MR) is 109 cm³/mol. The Kier molecular flexibility index (Phi) is 7.02. The van der Waals surface area contributed by atoms with Crippen LogP contribution in [-0.2, 0) is 9.53 Å². The summed E-state index contributed by atoms with van der Waals surface area (Å²) in [5, 5.41) is 4.82. The topological polar surface area (TPSA) is 67.4 Å². The summed E-state index contributed by atoms with van der Waals surface area (Å²) >= 11 is 0. The molecule has 1 aliphatic rings. The molecule has 0 aromatic heterocycles. The second-order valence-electron chi connectivity index (χ2n) is 6.93. The minimum atomic E-state index is -0.934. The van der Waals surface area contributed by atoms with Gasteiger partial charge in [0.1, 0.15) is 5.69 Å². The van der Waals surface area contributed by atoms with Crippen molar-refractivity contribution in [2.75, 3.05) is 11.9 Å². The van der Waals surface area contributed by atoms with E-state index in [4.69, 9.17) is 4.74 Å². The largest absolute Gasteiger partial charge is 0.466 e. The number of rotatable bonds is 4. The van der Waals surface area contributed by atoms with Gasteiger partial charge in [0.2, 0.25) is 0 Å². The molecule has 2 amide bonds. The van der Waals surface area contributed by atoms with Crippen LogP contribution in [-0.4, -0.2) is 24.6 Å². The highest BCUT2D eigenvalue weighted by Crippen LogP contribution is 2.27. The third-order valence-corrected chi connectivity index (χ3v) is 4.83. The molecule has 2 N–H and O–H groups in total. The van der Waals surface area contributed by atoms with Crippen molar-refractivity contribution in [2.24, 2.45) is 5.92 Å². The Morgan fingerprint density at radius 1 is 1.07 bits per heavy atom. The van der Waals surface area contributed by atoms with Crippen LogP contribution in [0.15, 0.2) is 42.5 Å². The molecule has 7 heteroatoms. The van der Waals surface area contributed by atoms with E-state index in [-0.39, 0.29) is 18.1 Å². The summed E-state index contributed by atoms with van der Waals surface area (Å²) in [4.78, 5) is 24.2. The number of hydrogen-bond acceptors (Lipinski definition) is 3. The molecule has 0 heterocycles. The van der Waals surface area contributed by atoms with E-state index in [1.54, 1.807) is 19.1 Å². The van der Waals surface area contributed by atoms with Crippen molar-refractivity contribution in [2.45, 2.75) is 32.2 Å². The molecule has 2 aromatic rings. The number of nitrogens with one attached hydrogen (secondary N) is 2. The maximum Gasteiger partial charge on any atom is 0.319 e. The lowest BCUT2D eigenvalue weighted by Gasteiger charge is -2.20. The molecule has 0 radical (unpaired) electrons. The maximum absolute atomic E-state index is 14.4. The van der Waals surface area contributed by atoms with Gasteiger partial charge >= 0.3 is 12.0 Å². The van der Waals surface area contributed by atoms with Crippen molar-refractivity contribution in [3.05, 3.63) is 65.2 Å². The molecule has 0 aliphatic heterocycles. The van der Waals surface area contributed by atoms with Crippen LogP contribution in [0.1, 0.15) is 37.3 Å².